The van der Waals surface area contributed by atoms with Crippen LogP contribution in [0.4, 0.5) is 0 Å². The van der Waals surface area contributed by atoms with Crippen molar-refractivity contribution in [3.8, 4) is 10.6 Å². The van der Waals surface area contributed by atoms with E-state index in [1.54, 1.807) is 11.1 Å². The summed E-state index contributed by atoms with van der Waals surface area (Å²) in [4.78, 5) is 19.3. The standard InChI is InChI=1S/C16H17ClN2O2S/c1-16(21)5-7-19(8-6-16)15(20)13-10-18-14(22-13)11-3-2-4-12(17)9-11/h2-4,9-10,21H,5-8H2,1H3. The summed E-state index contributed by atoms with van der Waals surface area (Å²) >= 11 is 7.36. The molecule has 1 N–H and O–H groups in total. The van der Waals surface area contributed by atoms with E-state index in [-0.39, 0.29) is 5.91 Å². The summed E-state index contributed by atoms with van der Waals surface area (Å²) in [7, 11) is 0. The molecule has 116 valence electrons. The molecule has 0 aliphatic carbocycles. The fourth-order valence-electron chi connectivity index (χ4n) is 2.48. The molecular formula is C16H17ClN2O2S. The second kappa shape index (κ2) is 5.99. The van der Waals surface area contributed by atoms with Gasteiger partial charge in [0.25, 0.3) is 5.91 Å². The average Bonchev–Trinajstić information content (AvgIpc) is 2.96. The van der Waals surface area contributed by atoms with Crippen molar-refractivity contribution in [3.05, 3.63) is 40.4 Å². The number of carbonyl (C=O) groups is 1. The number of carbonyl (C=O) groups excluding carboxylic acids is 1. The zero-order valence-electron chi connectivity index (χ0n) is 12.3. The number of halogens is 1. The number of hydrogen-bond donors (Lipinski definition) is 1. The Balaban J connectivity index is 1.75. The van der Waals surface area contributed by atoms with Gasteiger partial charge in [0.05, 0.1) is 11.8 Å². The first-order valence-corrected chi connectivity index (χ1v) is 8.37. The van der Waals surface area contributed by atoms with Gasteiger partial charge in [-0.3, -0.25) is 4.79 Å². The number of amides is 1. The molecule has 1 aromatic heterocycles. The maximum atomic E-state index is 12.5. The highest BCUT2D eigenvalue weighted by atomic mass is 35.5. The van der Waals surface area contributed by atoms with Crippen LogP contribution in [-0.4, -0.2) is 39.6 Å². The van der Waals surface area contributed by atoms with Crippen molar-refractivity contribution in [1.82, 2.24) is 9.88 Å². The van der Waals surface area contributed by atoms with Crippen molar-refractivity contribution in [2.75, 3.05) is 13.1 Å². The van der Waals surface area contributed by atoms with Crippen LogP contribution in [0, 0.1) is 0 Å². The smallest absolute Gasteiger partial charge is 0.265 e. The lowest BCUT2D eigenvalue weighted by molar-refractivity contribution is -0.00188. The van der Waals surface area contributed by atoms with Crippen molar-refractivity contribution in [3.63, 3.8) is 0 Å². The Labute approximate surface area is 138 Å². The summed E-state index contributed by atoms with van der Waals surface area (Å²) in [5.41, 5.74) is 0.259. The average molecular weight is 337 g/mol. The van der Waals surface area contributed by atoms with E-state index in [9.17, 15) is 9.90 Å². The zero-order chi connectivity index (χ0) is 15.7. The molecule has 1 amide bonds. The Hall–Kier alpha value is -1.43. The Morgan fingerprint density at radius 3 is 2.82 bits per heavy atom. The van der Waals surface area contributed by atoms with Gasteiger partial charge in [0.2, 0.25) is 0 Å². The lowest BCUT2D eigenvalue weighted by atomic mass is 9.94. The van der Waals surface area contributed by atoms with Gasteiger partial charge in [0.15, 0.2) is 0 Å². The molecule has 1 aliphatic heterocycles. The van der Waals surface area contributed by atoms with Gasteiger partial charge >= 0.3 is 0 Å². The molecule has 2 aromatic rings. The summed E-state index contributed by atoms with van der Waals surface area (Å²) < 4.78 is 0. The number of aromatic nitrogens is 1. The number of rotatable bonds is 2. The largest absolute Gasteiger partial charge is 0.390 e. The fraction of sp³-hybridized carbons (Fsp3) is 0.375. The molecule has 0 radical (unpaired) electrons. The Morgan fingerprint density at radius 2 is 2.14 bits per heavy atom. The van der Waals surface area contributed by atoms with E-state index in [2.05, 4.69) is 4.98 Å². The van der Waals surface area contributed by atoms with E-state index in [1.807, 2.05) is 31.2 Å². The summed E-state index contributed by atoms with van der Waals surface area (Å²) in [5, 5.41) is 11.4. The van der Waals surface area contributed by atoms with Crippen molar-refractivity contribution in [2.45, 2.75) is 25.4 Å². The van der Waals surface area contributed by atoms with Crippen molar-refractivity contribution >= 4 is 28.8 Å². The van der Waals surface area contributed by atoms with Crippen LogP contribution < -0.4 is 0 Å². The zero-order valence-corrected chi connectivity index (χ0v) is 13.8. The van der Waals surface area contributed by atoms with Gasteiger partial charge in [0.1, 0.15) is 9.88 Å². The number of nitrogens with zero attached hydrogens (tertiary/aromatic N) is 2. The van der Waals surface area contributed by atoms with Crippen LogP contribution in [0.1, 0.15) is 29.4 Å². The van der Waals surface area contributed by atoms with Crippen LogP contribution in [0.2, 0.25) is 5.02 Å². The van der Waals surface area contributed by atoms with Gasteiger partial charge < -0.3 is 10.0 Å². The van der Waals surface area contributed by atoms with E-state index in [4.69, 9.17) is 11.6 Å². The third kappa shape index (κ3) is 3.32. The third-order valence-electron chi connectivity index (χ3n) is 3.92. The van der Waals surface area contributed by atoms with Crippen molar-refractivity contribution < 1.29 is 9.90 Å². The molecule has 0 atom stereocenters. The second-order valence-electron chi connectivity index (χ2n) is 5.83. The van der Waals surface area contributed by atoms with Gasteiger partial charge in [-0.25, -0.2) is 4.98 Å². The summed E-state index contributed by atoms with van der Waals surface area (Å²) in [6, 6.07) is 7.45. The topological polar surface area (TPSA) is 53.4 Å². The highest BCUT2D eigenvalue weighted by molar-refractivity contribution is 7.16. The van der Waals surface area contributed by atoms with E-state index in [0.717, 1.165) is 10.6 Å². The fourth-order valence-corrected chi connectivity index (χ4v) is 3.55. The number of aliphatic hydroxyl groups is 1. The summed E-state index contributed by atoms with van der Waals surface area (Å²) in [5.74, 6) is -0.0127. The third-order valence-corrected chi connectivity index (χ3v) is 5.19. The molecule has 0 saturated carbocycles. The minimum absolute atomic E-state index is 0.0127. The molecule has 6 heteroatoms. The maximum Gasteiger partial charge on any atom is 0.265 e. The maximum absolute atomic E-state index is 12.5. The molecule has 0 bridgehead atoms. The SMILES string of the molecule is CC1(O)CCN(C(=O)c2cnc(-c3cccc(Cl)c3)s2)CC1. The van der Waals surface area contributed by atoms with Gasteiger partial charge in [-0.05, 0) is 31.9 Å². The summed E-state index contributed by atoms with van der Waals surface area (Å²) in [6.07, 6.45) is 2.84. The van der Waals surface area contributed by atoms with Crippen LogP contribution in [0.3, 0.4) is 0 Å². The van der Waals surface area contributed by atoms with Gasteiger partial charge in [-0.15, -0.1) is 11.3 Å². The molecule has 4 nitrogen and oxygen atoms in total. The molecular weight excluding hydrogens is 320 g/mol. The van der Waals surface area contributed by atoms with E-state index in [0.29, 0.717) is 35.8 Å². The van der Waals surface area contributed by atoms with Crippen LogP contribution >= 0.6 is 22.9 Å². The highest BCUT2D eigenvalue weighted by Gasteiger charge is 2.30. The number of likely N-dealkylation sites (tertiary alicyclic amines) is 1. The molecule has 2 heterocycles. The molecule has 0 spiro atoms. The Kier molecular flexibility index (Phi) is 4.21. The molecule has 0 unspecified atom stereocenters. The van der Waals surface area contributed by atoms with E-state index in [1.165, 1.54) is 11.3 Å². The summed E-state index contributed by atoms with van der Waals surface area (Å²) in [6.45, 7) is 2.98. The number of piperidine rings is 1. The van der Waals surface area contributed by atoms with E-state index < -0.39 is 5.60 Å². The van der Waals surface area contributed by atoms with Crippen molar-refractivity contribution in [2.24, 2.45) is 0 Å². The first-order chi connectivity index (χ1) is 10.4. The second-order valence-corrected chi connectivity index (χ2v) is 7.30. The first-order valence-electron chi connectivity index (χ1n) is 7.18. The minimum Gasteiger partial charge on any atom is -0.390 e. The minimum atomic E-state index is -0.656. The molecule has 3 rings (SSSR count). The Morgan fingerprint density at radius 1 is 1.41 bits per heavy atom. The number of benzene rings is 1. The molecule has 1 aromatic carbocycles. The lowest BCUT2D eigenvalue weighted by Crippen LogP contribution is -2.44. The normalized spacial score (nSPS) is 17.5. The van der Waals surface area contributed by atoms with Crippen LogP contribution in [0.15, 0.2) is 30.5 Å². The van der Waals surface area contributed by atoms with Crippen molar-refractivity contribution in [1.29, 1.82) is 0 Å². The lowest BCUT2D eigenvalue weighted by Gasteiger charge is -2.35. The molecule has 1 aliphatic rings. The predicted molar refractivity (Wildman–Crippen MR) is 88.3 cm³/mol. The van der Waals surface area contributed by atoms with Crippen LogP contribution in [-0.2, 0) is 0 Å². The highest BCUT2D eigenvalue weighted by Crippen LogP contribution is 2.29. The van der Waals surface area contributed by atoms with Gasteiger partial charge in [-0.1, -0.05) is 23.7 Å². The molecule has 1 saturated heterocycles. The van der Waals surface area contributed by atoms with Gasteiger partial charge in [-0.2, -0.15) is 0 Å². The monoisotopic (exact) mass is 336 g/mol. The molecule has 1 fully saturated rings. The quantitative estimate of drug-likeness (QED) is 0.913. The Bertz CT molecular complexity index is 689. The first kappa shape index (κ1) is 15.5. The van der Waals surface area contributed by atoms with Crippen LogP contribution in [0.5, 0.6) is 0 Å². The molecule has 22 heavy (non-hydrogen) atoms. The number of thiazole rings is 1. The van der Waals surface area contributed by atoms with E-state index >= 15 is 0 Å². The van der Waals surface area contributed by atoms with Crippen LogP contribution in [0.25, 0.3) is 10.6 Å². The number of hydrogen-bond acceptors (Lipinski definition) is 4. The predicted octanol–water partition coefficient (Wildman–Crippen LogP) is 3.45. The van der Waals surface area contributed by atoms with Gasteiger partial charge in [0, 0.05) is 23.7 Å².